The van der Waals surface area contributed by atoms with Gasteiger partial charge in [0.15, 0.2) is 0 Å². The standard InChI is InChI=1S/C18H22N2O2/c1-2-21-17-9-4-3-7-15(17)13-20-11-12-22-18(14-20)16-8-5-6-10-19-16/h3-10,18H,2,11-14H2,1H3. The Kier molecular flexibility index (Phi) is 5.03. The predicted molar refractivity (Wildman–Crippen MR) is 85.8 cm³/mol. The molecule has 4 heteroatoms. The maximum absolute atomic E-state index is 5.87. The minimum atomic E-state index is 0.0502. The minimum absolute atomic E-state index is 0.0502. The van der Waals surface area contributed by atoms with Gasteiger partial charge < -0.3 is 9.47 Å². The van der Waals surface area contributed by atoms with Crippen LogP contribution >= 0.6 is 0 Å². The number of morpholine rings is 1. The largest absolute Gasteiger partial charge is 0.494 e. The smallest absolute Gasteiger partial charge is 0.123 e. The maximum atomic E-state index is 5.87. The molecule has 1 aliphatic rings. The third-order valence-electron chi connectivity index (χ3n) is 3.83. The van der Waals surface area contributed by atoms with E-state index in [1.807, 2.05) is 43.5 Å². The Morgan fingerprint density at radius 1 is 1.23 bits per heavy atom. The topological polar surface area (TPSA) is 34.6 Å². The zero-order valence-electron chi connectivity index (χ0n) is 12.9. The fourth-order valence-electron chi connectivity index (χ4n) is 2.76. The van der Waals surface area contributed by atoms with Crippen LogP contribution in [0.2, 0.25) is 0 Å². The number of rotatable bonds is 5. The highest BCUT2D eigenvalue weighted by Gasteiger charge is 2.23. The summed E-state index contributed by atoms with van der Waals surface area (Å²) in [5, 5.41) is 0. The molecule has 4 nitrogen and oxygen atoms in total. The summed E-state index contributed by atoms with van der Waals surface area (Å²) in [6.07, 6.45) is 1.87. The van der Waals surface area contributed by atoms with Crippen LogP contribution in [-0.2, 0) is 11.3 Å². The lowest BCUT2D eigenvalue weighted by atomic mass is 10.1. The molecule has 2 aromatic rings. The first-order valence-electron chi connectivity index (χ1n) is 7.82. The van der Waals surface area contributed by atoms with Crippen molar-refractivity contribution in [3.8, 4) is 5.75 Å². The van der Waals surface area contributed by atoms with Crippen molar-refractivity contribution in [1.82, 2.24) is 9.88 Å². The van der Waals surface area contributed by atoms with Gasteiger partial charge in [-0.25, -0.2) is 0 Å². The molecule has 0 N–H and O–H groups in total. The van der Waals surface area contributed by atoms with E-state index in [-0.39, 0.29) is 6.10 Å². The Bertz CT molecular complexity index is 589. The monoisotopic (exact) mass is 298 g/mol. The van der Waals surface area contributed by atoms with Gasteiger partial charge in [0, 0.05) is 31.4 Å². The normalized spacial score (nSPS) is 19.0. The van der Waals surface area contributed by atoms with Gasteiger partial charge in [-0.1, -0.05) is 24.3 Å². The molecular formula is C18H22N2O2. The molecular weight excluding hydrogens is 276 g/mol. The van der Waals surface area contributed by atoms with Gasteiger partial charge >= 0.3 is 0 Å². The van der Waals surface area contributed by atoms with E-state index in [0.717, 1.165) is 37.7 Å². The summed E-state index contributed by atoms with van der Waals surface area (Å²) in [5.74, 6) is 0.978. The lowest BCUT2D eigenvalue weighted by Gasteiger charge is -2.32. The third kappa shape index (κ3) is 3.64. The summed E-state index contributed by atoms with van der Waals surface area (Å²) in [4.78, 5) is 6.82. The lowest BCUT2D eigenvalue weighted by Crippen LogP contribution is -2.38. The molecule has 1 aromatic heterocycles. The third-order valence-corrected chi connectivity index (χ3v) is 3.83. The number of nitrogens with zero attached hydrogens (tertiary/aromatic N) is 2. The number of benzene rings is 1. The molecule has 1 atom stereocenters. The van der Waals surface area contributed by atoms with Crippen LogP contribution in [0.15, 0.2) is 48.7 Å². The molecule has 0 spiro atoms. The zero-order chi connectivity index (χ0) is 15.2. The van der Waals surface area contributed by atoms with Crippen LogP contribution in [0.5, 0.6) is 5.75 Å². The van der Waals surface area contributed by atoms with Gasteiger partial charge in [-0.3, -0.25) is 9.88 Å². The number of pyridine rings is 1. The van der Waals surface area contributed by atoms with Crippen molar-refractivity contribution in [3.63, 3.8) is 0 Å². The van der Waals surface area contributed by atoms with Crippen molar-refractivity contribution < 1.29 is 9.47 Å². The van der Waals surface area contributed by atoms with Crippen LogP contribution in [0.1, 0.15) is 24.3 Å². The number of para-hydroxylation sites is 1. The quantitative estimate of drug-likeness (QED) is 0.850. The van der Waals surface area contributed by atoms with E-state index in [2.05, 4.69) is 22.0 Å². The molecule has 2 heterocycles. The summed E-state index contributed by atoms with van der Waals surface area (Å²) in [6.45, 7) is 6.11. The molecule has 1 aromatic carbocycles. The summed E-state index contributed by atoms with van der Waals surface area (Å²) < 4.78 is 11.6. The fourth-order valence-corrected chi connectivity index (χ4v) is 2.76. The summed E-state index contributed by atoms with van der Waals surface area (Å²) in [6, 6.07) is 14.2. The van der Waals surface area contributed by atoms with E-state index in [9.17, 15) is 0 Å². The molecule has 116 valence electrons. The summed E-state index contributed by atoms with van der Waals surface area (Å²) in [7, 11) is 0. The van der Waals surface area contributed by atoms with Crippen molar-refractivity contribution in [2.24, 2.45) is 0 Å². The molecule has 3 rings (SSSR count). The first-order valence-corrected chi connectivity index (χ1v) is 7.82. The maximum Gasteiger partial charge on any atom is 0.123 e. The van der Waals surface area contributed by atoms with E-state index in [0.29, 0.717) is 6.61 Å². The number of aromatic nitrogens is 1. The van der Waals surface area contributed by atoms with E-state index in [1.54, 1.807) is 0 Å². The van der Waals surface area contributed by atoms with Crippen LogP contribution in [-0.4, -0.2) is 36.2 Å². The number of hydrogen-bond acceptors (Lipinski definition) is 4. The van der Waals surface area contributed by atoms with Gasteiger partial charge in [0.25, 0.3) is 0 Å². The van der Waals surface area contributed by atoms with Crippen molar-refractivity contribution in [3.05, 3.63) is 59.9 Å². The zero-order valence-corrected chi connectivity index (χ0v) is 12.9. The second-order valence-corrected chi connectivity index (χ2v) is 5.39. The number of ether oxygens (including phenoxy) is 2. The first kappa shape index (κ1) is 15.0. The minimum Gasteiger partial charge on any atom is -0.494 e. The van der Waals surface area contributed by atoms with Crippen molar-refractivity contribution in [2.75, 3.05) is 26.3 Å². The van der Waals surface area contributed by atoms with Crippen LogP contribution in [0.25, 0.3) is 0 Å². The van der Waals surface area contributed by atoms with Crippen LogP contribution in [0, 0.1) is 0 Å². The van der Waals surface area contributed by atoms with E-state index < -0.39 is 0 Å². The average Bonchev–Trinajstić information content (AvgIpc) is 2.58. The molecule has 0 saturated carbocycles. The summed E-state index contributed by atoms with van der Waals surface area (Å²) >= 11 is 0. The molecule has 1 fully saturated rings. The van der Waals surface area contributed by atoms with Gasteiger partial charge in [-0.2, -0.15) is 0 Å². The van der Waals surface area contributed by atoms with Crippen LogP contribution in [0.4, 0.5) is 0 Å². The van der Waals surface area contributed by atoms with Gasteiger partial charge in [-0.05, 0) is 25.1 Å². The van der Waals surface area contributed by atoms with Gasteiger partial charge in [0.1, 0.15) is 11.9 Å². The molecule has 0 bridgehead atoms. The average molecular weight is 298 g/mol. The second kappa shape index (κ2) is 7.38. The highest BCUT2D eigenvalue weighted by atomic mass is 16.5. The molecule has 1 aliphatic heterocycles. The Morgan fingerprint density at radius 2 is 2.09 bits per heavy atom. The second-order valence-electron chi connectivity index (χ2n) is 5.39. The van der Waals surface area contributed by atoms with Crippen LogP contribution in [0.3, 0.4) is 0 Å². The van der Waals surface area contributed by atoms with E-state index in [4.69, 9.17) is 9.47 Å². The van der Waals surface area contributed by atoms with E-state index >= 15 is 0 Å². The van der Waals surface area contributed by atoms with Gasteiger partial charge in [0.05, 0.1) is 18.9 Å². The SMILES string of the molecule is CCOc1ccccc1CN1CCOC(c2ccccn2)C1. The van der Waals surface area contributed by atoms with Crippen LogP contribution < -0.4 is 4.74 Å². The molecule has 0 amide bonds. The highest BCUT2D eigenvalue weighted by molar-refractivity contribution is 5.33. The van der Waals surface area contributed by atoms with Gasteiger partial charge in [-0.15, -0.1) is 0 Å². The highest BCUT2D eigenvalue weighted by Crippen LogP contribution is 2.24. The number of hydrogen-bond donors (Lipinski definition) is 0. The molecule has 1 unspecified atom stereocenters. The first-order chi connectivity index (χ1) is 10.9. The Balaban J connectivity index is 1.68. The van der Waals surface area contributed by atoms with Crippen molar-refractivity contribution >= 4 is 0 Å². The fraction of sp³-hybridized carbons (Fsp3) is 0.389. The summed E-state index contributed by atoms with van der Waals surface area (Å²) in [5.41, 5.74) is 2.23. The van der Waals surface area contributed by atoms with Crippen molar-refractivity contribution in [2.45, 2.75) is 19.6 Å². The Hall–Kier alpha value is -1.91. The Labute approximate surface area is 131 Å². The van der Waals surface area contributed by atoms with Crippen molar-refractivity contribution in [1.29, 1.82) is 0 Å². The molecule has 1 saturated heterocycles. The molecule has 0 radical (unpaired) electrons. The van der Waals surface area contributed by atoms with Gasteiger partial charge in [0.2, 0.25) is 0 Å². The lowest BCUT2D eigenvalue weighted by molar-refractivity contribution is -0.0351. The molecule has 22 heavy (non-hydrogen) atoms. The molecule has 0 aliphatic carbocycles. The Morgan fingerprint density at radius 3 is 2.91 bits per heavy atom. The predicted octanol–water partition coefficient (Wildman–Crippen LogP) is 3.05. The van der Waals surface area contributed by atoms with E-state index in [1.165, 1.54) is 5.56 Å².